The Hall–Kier alpha value is -2.76. The SMILES string of the molecule is CCN(C(=O)N(C)C1CC1)c1ccc2c(c1)/C(=C/c1c[nH]cn1)CCO2. The Bertz CT molecular complexity index is 824. The maximum Gasteiger partial charge on any atom is 0.324 e. The summed E-state index contributed by atoms with van der Waals surface area (Å²) in [5.74, 6) is 0.862. The average Bonchev–Trinajstić information content (AvgIpc) is 3.39. The maximum atomic E-state index is 12.9. The van der Waals surface area contributed by atoms with Crippen LogP contribution >= 0.6 is 0 Å². The number of urea groups is 1. The van der Waals surface area contributed by atoms with E-state index in [-0.39, 0.29) is 6.03 Å². The molecule has 1 saturated carbocycles. The highest BCUT2D eigenvalue weighted by atomic mass is 16.5. The van der Waals surface area contributed by atoms with Gasteiger partial charge in [0.15, 0.2) is 0 Å². The van der Waals surface area contributed by atoms with Gasteiger partial charge < -0.3 is 14.6 Å². The molecule has 1 N–H and O–H groups in total. The van der Waals surface area contributed by atoms with Crippen LogP contribution in [0.3, 0.4) is 0 Å². The second-order valence-electron chi connectivity index (χ2n) is 6.81. The van der Waals surface area contributed by atoms with Crippen molar-refractivity contribution in [3.05, 3.63) is 42.0 Å². The van der Waals surface area contributed by atoms with Gasteiger partial charge >= 0.3 is 6.03 Å². The van der Waals surface area contributed by atoms with Crippen LogP contribution in [0.4, 0.5) is 10.5 Å². The van der Waals surface area contributed by atoms with Crippen LogP contribution in [-0.2, 0) is 0 Å². The second kappa shape index (κ2) is 6.86. The van der Waals surface area contributed by atoms with Gasteiger partial charge in [-0.25, -0.2) is 9.78 Å². The number of aromatic nitrogens is 2. The van der Waals surface area contributed by atoms with Gasteiger partial charge in [0.1, 0.15) is 5.75 Å². The number of imidazole rings is 1. The molecule has 1 aromatic carbocycles. The van der Waals surface area contributed by atoms with E-state index in [1.54, 1.807) is 6.33 Å². The van der Waals surface area contributed by atoms with Crippen LogP contribution in [0.1, 0.15) is 37.4 Å². The Balaban J connectivity index is 1.67. The van der Waals surface area contributed by atoms with Crippen LogP contribution in [0.5, 0.6) is 5.75 Å². The summed E-state index contributed by atoms with van der Waals surface area (Å²) in [6, 6.07) is 6.46. The lowest BCUT2D eigenvalue weighted by Crippen LogP contribution is -2.42. The van der Waals surface area contributed by atoms with Gasteiger partial charge in [-0.05, 0) is 49.6 Å². The molecule has 1 fully saturated rings. The van der Waals surface area contributed by atoms with Crippen LogP contribution in [0.25, 0.3) is 11.6 Å². The molecule has 2 amide bonds. The molecule has 1 aliphatic carbocycles. The first-order chi connectivity index (χ1) is 12.7. The smallest absolute Gasteiger partial charge is 0.324 e. The molecule has 26 heavy (non-hydrogen) atoms. The summed E-state index contributed by atoms with van der Waals surface area (Å²) in [7, 11) is 1.90. The summed E-state index contributed by atoms with van der Waals surface area (Å²) in [5.41, 5.74) is 4.02. The van der Waals surface area contributed by atoms with E-state index in [0.717, 1.165) is 42.0 Å². The van der Waals surface area contributed by atoms with Crippen molar-refractivity contribution in [3.8, 4) is 5.75 Å². The van der Waals surface area contributed by atoms with Crippen molar-refractivity contribution in [2.45, 2.75) is 32.2 Å². The fourth-order valence-corrected chi connectivity index (χ4v) is 3.38. The molecule has 0 saturated heterocycles. The van der Waals surface area contributed by atoms with Crippen molar-refractivity contribution in [2.24, 2.45) is 0 Å². The topological polar surface area (TPSA) is 61.5 Å². The molecule has 2 aliphatic rings. The zero-order chi connectivity index (χ0) is 18.1. The summed E-state index contributed by atoms with van der Waals surface area (Å²) in [4.78, 5) is 23.8. The molecule has 0 atom stereocenters. The fourth-order valence-electron chi connectivity index (χ4n) is 3.38. The molecule has 0 unspecified atom stereocenters. The van der Waals surface area contributed by atoms with Gasteiger partial charge in [-0.15, -0.1) is 0 Å². The molecule has 0 bridgehead atoms. The minimum atomic E-state index is 0.0597. The van der Waals surface area contributed by atoms with Crippen LogP contribution in [0.2, 0.25) is 0 Å². The maximum absolute atomic E-state index is 12.9. The van der Waals surface area contributed by atoms with Gasteiger partial charge in [0.25, 0.3) is 0 Å². The summed E-state index contributed by atoms with van der Waals surface area (Å²) in [5, 5.41) is 0. The van der Waals surface area contributed by atoms with Gasteiger partial charge in [-0.2, -0.15) is 0 Å². The lowest BCUT2D eigenvalue weighted by atomic mass is 9.98. The number of rotatable bonds is 4. The van der Waals surface area contributed by atoms with Crippen molar-refractivity contribution in [1.29, 1.82) is 0 Å². The van der Waals surface area contributed by atoms with E-state index in [2.05, 4.69) is 22.1 Å². The summed E-state index contributed by atoms with van der Waals surface area (Å²) in [6.45, 7) is 3.30. The van der Waals surface area contributed by atoms with E-state index < -0.39 is 0 Å². The molecule has 0 spiro atoms. The molecule has 2 aromatic rings. The third kappa shape index (κ3) is 3.19. The van der Waals surface area contributed by atoms with Crippen molar-refractivity contribution in [1.82, 2.24) is 14.9 Å². The highest BCUT2D eigenvalue weighted by molar-refractivity contribution is 5.94. The molecule has 6 heteroatoms. The van der Waals surface area contributed by atoms with Crippen LogP contribution in [-0.4, -0.2) is 47.1 Å². The van der Waals surface area contributed by atoms with Crippen molar-refractivity contribution >= 4 is 23.4 Å². The highest BCUT2D eigenvalue weighted by Gasteiger charge is 2.32. The third-order valence-electron chi connectivity index (χ3n) is 5.03. The van der Waals surface area contributed by atoms with Gasteiger partial charge in [-0.1, -0.05) is 0 Å². The molecule has 1 aliphatic heterocycles. The molecule has 2 heterocycles. The van der Waals surface area contributed by atoms with E-state index in [9.17, 15) is 4.79 Å². The van der Waals surface area contributed by atoms with Crippen LogP contribution < -0.4 is 9.64 Å². The minimum Gasteiger partial charge on any atom is -0.493 e. The number of benzene rings is 1. The quantitative estimate of drug-likeness (QED) is 0.911. The zero-order valence-electron chi connectivity index (χ0n) is 15.2. The first-order valence-corrected chi connectivity index (χ1v) is 9.18. The lowest BCUT2D eigenvalue weighted by Gasteiger charge is -2.29. The molecule has 136 valence electrons. The molecule has 6 nitrogen and oxygen atoms in total. The predicted octanol–water partition coefficient (Wildman–Crippen LogP) is 3.77. The van der Waals surface area contributed by atoms with Gasteiger partial charge in [0, 0.05) is 43.5 Å². The number of nitrogens with zero attached hydrogens (tertiary/aromatic N) is 3. The number of H-pyrrole nitrogens is 1. The van der Waals surface area contributed by atoms with Crippen molar-refractivity contribution in [3.63, 3.8) is 0 Å². The third-order valence-corrected chi connectivity index (χ3v) is 5.03. The molecular weight excluding hydrogens is 328 g/mol. The Kier molecular flexibility index (Phi) is 4.41. The number of hydrogen-bond acceptors (Lipinski definition) is 3. The monoisotopic (exact) mass is 352 g/mol. The number of carbonyl (C=O) groups excluding carboxylic acids is 1. The number of hydrogen-bond donors (Lipinski definition) is 1. The van der Waals surface area contributed by atoms with Gasteiger partial charge in [-0.3, -0.25) is 4.90 Å². The van der Waals surface area contributed by atoms with Gasteiger partial charge in [0.05, 0.1) is 18.6 Å². The number of carbonyl (C=O) groups is 1. The first kappa shape index (κ1) is 16.7. The zero-order valence-corrected chi connectivity index (χ0v) is 15.2. The fraction of sp³-hybridized carbons (Fsp3) is 0.400. The van der Waals surface area contributed by atoms with Crippen LogP contribution in [0.15, 0.2) is 30.7 Å². The number of anilines is 1. The lowest BCUT2D eigenvalue weighted by molar-refractivity contribution is 0.213. The van der Waals surface area contributed by atoms with E-state index in [4.69, 9.17) is 4.74 Å². The minimum absolute atomic E-state index is 0.0597. The van der Waals surface area contributed by atoms with Crippen LogP contribution in [0, 0.1) is 0 Å². The Morgan fingerprint density at radius 3 is 2.96 bits per heavy atom. The summed E-state index contributed by atoms with van der Waals surface area (Å²) < 4.78 is 5.81. The Morgan fingerprint density at radius 1 is 1.42 bits per heavy atom. The second-order valence-corrected chi connectivity index (χ2v) is 6.81. The predicted molar refractivity (Wildman–Crippen MR) is 102 cm³/mol. The Labute approximate surface area is 153 Å². The van der Waals surface area contributed by atoms with Gasteiger partial charge in [0.2, 0.25) is 0 Å². The molecular formula is C20H24N4O2. The first-order valence-electron chi connectivity index (χ1n) is 9.18. The van der Waals surface area contributed by atoms with E-state index >= 15 is 0 Å². The van der Waals surface area contributed by atoms with Crippen molar-refractivity contribution < 1.29 is 9.53 Å². The molecule has 4 rings (SSSR count). The van der Waals surface area contributed by atoms with E-state index in [1.165, 1.54) is 5.57 Å². The number of fused-ring (bicyclic) bond motifs is 1. The van der Waals surface area contributed by atoms with Crippen molar-refractivity contribution in [2.75, 3.05) is 25.1 Å². The standard InChI is InChI=1S/C20H24N4O2/c1-3-24(20(25)23(2)16-4-5-16)17-6-7-19-18(11-17)14(8-9-26-19)10-15-12-21-13-22-15/h6-7,10-13,16H,3-5,8-9H2,1-2H3,(H,21,22)/b14-10+. The van der Waals surface area contributed by atoms with E-state index in [1.807, 2.05) is 42.1 Å². The molecule has 1 aromatic heterocycles. The normalized spacial score (nSPS) is 17.5. The largest absolute Gasteiger partial charge is 0.493 e. The number of nitrogens with one attached hydrogen (secondary N) is 1. The Morgan fingerprint density at radius 2 is 2.27 bits per heavy atom. The number of amides is 2. The summed E-state index contributed by atoms with van der Waals surface area (Å²) in [6.07, 6.45) is 8.66. The summed E-state index contributed by atoms with van der Waals surface area (Å²) >= 11 is 0. The number of aromatic amines is 1. The highest BCUT2D eigenvalue weighted by Crippen LogP contribution is 2.37. The number of ether oxygens (including phenoxy) is 1. The average molecular weight is 352 g/mol. The van der Waals surface area contributed by atoms with E-state index in [0.29, 0.717) is 19.2 Å². The molecule has 0 radical (unpaired) electrons.